The summed E-state index contributed by atoms with van der Waals surface area (Å²) in [5, 5.41) is 0. The molecule has 1 aromatic heterocycles. The van der Waals surface area contributed by atoms with Gasteiger partial charge in [-0.2, -0.15) is 0 Å². The first-order valence-electron chi connectivity index (χ1n) is 5.42. The van der Waals surface area contributed by atoms with Crippen LogP contribution in [0.1, 0.15) is 22.6 Å². The molecule has 0 radical (unpaired) electrons. The van der Waals surface area contributed by atoms with Gasteiger partial charge in [0, 0.05) is 30.3 Å². The van der Waals surface area contributed by atoms with E-state index in [0.29, 0.717) is 12.2 Å². The first kappa shape index (κ1) is 12.0. The van der Waals surface area contributed by atoms with Crippen LogP contribution in [0.25, 0.3) is 0 Å². The Labute approximate surface area is 109 Å². The molecule has 1 heterocycles. The van der Waals surface area contributed by atoms with Crippen molar-refractivity contribution in [2.24, 2.45) is 7.05 Å². The second-order valence-corrected chi connectivity index (χ2v) is 4.73. The van der Waals surface area contributed by atoms with Gasteiger partial charge in [0.15, 0.2) is 11.6 Å². The molecule has 0 amide bonds. The van der Waals surface area contributed by atoms with Crippen LogP contribution in [0.2, 0.25) is 0 Å². The van der Waals surface area contributed by atoms with E-state index < -0.39 is 0 Å². The van der Waals surface area contributed by atoms with Gasteiger partial charge in [-0.3, -0.25) is 4.79 Å². The quantitative estimate of drug-likeness (QED) is 0.812. The molecule has 2 rings (SSSR count). The lowest BCUT2D eigenvalue weighted by Crippen LogP contribution is -2.08. The number of ketones is 1. The number of imidazole rings is 1. The zero-order valence-corrected chi connectivity index (χ0v) is 11.1. The third-order valence-electron chi connectivity index (χ3n) is 2.65. The molecule has 2 aromatic rings. The first-order valence-corrected chi connectivity index (χ1v) is 6.21. The molecule has 0 saturated heterocycles. The van der Waals surface area contributed by atoms with Gasteiger partial charge >= 0.3 is 0 Å². The second kappa shape index (κ2) is 5.27. The molecule has 0 N–H and O–H groups in total. The molecule has 0 fully saturated rings. The molecule has 0 saturated carbocycles. The summed E-state index contributed by atoms with van der Waals surface area (Å²) in [5.74, 6) is 0.602. The van der Waals surface area contributed by atoms with E-state index in [2.05, 4.69) is 20.9 Å². The summed E-state index contributed by atoms with van der Waals surface area (Å²) < 4.78 is 2.80. The number of hydrogen-bond donors (Lipinski definition) is 0. The van der Waals surface area contributed by atoms with E-state index in [1.807, 2.05) is 31.3 Å². The number of carbonyl (C=O) groups is 1. The van der Waals surface area contributed by atoms with Crippen LogP contribution in [0.5, 0.6) is 0 Å². The minimum Gasteiger partial charge on any atom is -0.332 e. The van der Waals surface area contributed by atoms with E-state index in [4.69, 9.17) is 0 Å². The van der Waals surface area contributed by atoms with Crippen molar-refractivity contribution in [1.29, 1.82) is 0 Å². The maximum absolute atomic E-state index is 11.9. The van der Waals surface area contributed by atoms with Crippen molar-refractivity contribution < 1.29 is 4.79 Å². The van der Waals surface area contributed by atoms with Gasteiger partial charge in [0.1, 0.15) is 0 Å². The topological polar surface area (TPSA) is 34.9 Å². The molecule has 17 heavy (non-hydrogen) atoms. The van der Waals surface area contributed by atoms with E-state index in [-0.39, 0.29) is 5.78 Å². The Balaban J connectivity index is 2.02. The van der Waals surface area contributed by atoms with Crippen molar-refractivity contribution in [1.82, 2.24) is 9.55 Å². The smallest absolute Gasteiger partial charge is 0.198 e. The van der Waals surface area contributed by atoms with Crippen molar-refractivity contribution in [2.75, 3.05) is 0 Å². The molecule has 1 aromatic carbocycles. The molecule has 0 unspecified atom stereocenters. The molecular weight excluding hydrogens is 280 g/mol. The Morgan fingerprint density at radius 1 is 1.41 bits per heavy atom. The summed E-state index contributed by atoms with van der Waals surface area (Å²) >= 11 is 3.48. The summed E-state index contributed by atoms with van der Waals surface area (Å²) in [5.41, 5.74) is 1.15. The molecule has 0 bridgehead atoms. The Morgan fingerprint density at radius 3 is 2.82 bits per heavy atom. The number of Topliss-reactive ketones (excluding diaryl/α,β-unsaturated/α-hetero) is 1. The highest BCUT2D eigenvalue weighted by Crippen LogP contribution is 2.18. The van der Waals surface area contributed by atoms with Gasteiger partial charge in [-0.15, -0.1) is 0 Å². The monoisotopic (exact) mass is 292 g/mol. The number of aromatic nitrogens is 2. The summed E-state index contributed by atoms with van der Waals surface area (Å²) in [7, 11) is 1.83. The van der Waals surface area contributed by atoms with Crippen LogP contribution in [-0.4, -0.2) is 15.3 Å². The predicted molar refractivity (Wildman–Crippen MR) is 70.0 cm³/mol. The van der Waals surface area contributed by atoms with Gasteiger partial charge in [-0.05, 0) is 18.1 Å². The van der Waals surface area contributed by atoms with Gasteiger partial charge in [0.05, 0.1) is 0 Å². The maximum atomic E-state index is 11.9. The zero-order valence-electron chi connectivity index (χ0n) is 9.56. The standard InChI is InChI=1S/C13H13BrN2O/c1-16-9-8-15-13(16)12(17)7-6-10-4-2-3-5-11(10)14/h2-5,8-9H,6-7H2,1H3. The van der Waals surface area contributed by atoms with Gasteiger partial charge in [-0.1, -0.05) is 34.1 Å². The van der Waals surface area contributed by atoms with Crippen LogP contribution in [0.3, 0.4) is 0 Å². The molecule has 0 aliphatic rings. The molecule has 0 aliphatic carbocycles. The van der Waals surface area contributed by atoms with Crippen molar-refractivity contribution in [3.05, 3.63) is 52.5 Å². The Hall–Kier alpha value is -1.42. The lowest BCUT2D eigenvalue weighted by Gasteiger charge is -2.03. The van der Waals surface area contributed by atoms with Crippen molar-refractivity contribution >= 4 is 21.7 Å². The van der Waals surface area contributed by atoms with Crippen LogP contribution in [0.15, 0.2) is 41.1 Å². The molecule has 0 atom stereocenters. The number of benzene rings is 1. The molecule has 88 valence electrons. The molecule has 4 heteroatoms. The highest BCUT2D eigenvalue weighted by atomic mass is 79.9. The number of aryl methyl sites for hydroxylation is 2. The Bertz CT molecular complexity index is 534. The highest BCUT2D eigenvalue weighted by Gasteiger charge is 2.11. The third kappa shape index (κ3) is 2.82. The van der Waals surface area contributed by atoms with Crippen LogP contribution < -0.4 is 0 Å². The fourth-order valence-corrected chi connectivity index (χ4v) is 2.18. The molecule has 0 aliphatic heterocycles. The first-order chi connectivity index (χ1) is 8.18. The summed E-state index contributed by atoms with van der Waals surface area (Å²) in [6, 6.07) is 7.95. The van der Waals surface area contributed by atoms with Gasteiger partial charge in [0.25, 0.3) is 0 Å². The number of rotatable bonds is 4. The minimum atomic E-state index is 0.0771. The fraction of sp³-hybridized carbons (Fsp3) is 0.231. The Morgan fingerprint density at radius 2 is 2.18 bits per heavy atom. The van der Waals surface area contributed by atoms with Gasteiger partial charge in [-0.25, -0.2) is 4.98 Å². The Kier molecular flexibility index (Phi) is 3.74. The van der Waals surface area contributed by atoms with Crippen LogP contribution in [0, 0.1) is 0 Å². The number of nitrogens with zero attached hydrogens (tertiary/aromatic N) is 2. The number of hydrogen-bond acceptors (Lipinski definition) is 2. The summed E-state index contributed by atoms with van der Waals surface area (Å²) in [4.78, 5) is 16.0. The van der Waals surface area contributed by atoms with Crippen molar-refractivity contribution in [2.45, 2.75) is 12.8 Å². The highest BCUT2D eigenvalue weighted by molar-refractivity contribution is 9.10. The SMILES string of the molecule is Cn1ccnc1C(=O)CCc1ccccc1Br. The van der Waals surface area contributed by atoms with Gasteiger partial charge < -0.3 is 4.57 Å². The molecular formula is C13H13BrN2O. The van der Waals surface area contributed by atoms with Crippen LogP contribution >= 0.6 is 15.9 Å². The van der Waals surface area contributed by atoms with E-state index >= 15 is 0 Å². The maximum Gasteiger partial charge on any atom is 0.198 e. The lowest BCUT2D eigenvalue weighted by atomic mass is 10.1. The zero-order chi connectivity index (χ0) is 12.3. The largest absolute Gasteiger partial charge is 0.332 e. The molecule has 3 nitrogen and oxygen atoms in total. The predicted octanol–water partition coefficient (Wildman–Crippen LogP) is 3.00. The van der Waals surface area contributed by atoms with Gasteiger partial charge in [0.2, 0.25) is 0 Å². The third-order valence-corrected chi connectivity index (χ3v) is 3.42. The second-order valence-electron chi connectivity index (χ2n) is 3.88. The van der Waals surface area contributed by atoms with E-state index in [0.717, 1.165) is 16.5 Å². The normalized spacial score (nSPS) is 10.5. The van der Waals surface area contributed by atoms with Crippen molar-refractivity contribution in [3.63, 3.8) is 0 Å². The van der Waals surface area contributed by atoms with Crippen molar-refractivity contribution in [3.8, 4) is 0 Å². The van der Waals surface area contributed by atoms with Crippen LogP contribution in [-0.2, 0) is 13.5 Å². The summed E-state index contributed by atoms with van der Waals surface area (Å²) in [6.07, 6.45) is 4.64. The average Bonchev–Trinajstić information content (AvgIpc) is 2.74. The van der Waals surface area contributed by atoms with Crippen LogP contribution in [0.4, 0.5) is 0 Å². The van der Waals surface area contributed by atoms with E-state index in [1.165, 1.54) is 0 Å². The minimum absolute atomic E-state index is 0.0771. The van der Waals surface area contributed by atoms with E-state index in [1.54, 1.807) is 17.0 Å². The lowest BCUT2D eigenvalue weighted by molar-refractivity contribution is 0.0970. The number of carbonyl (C=O) groups excluding carboxylic acids is 1. The summed E-state index contributed by atoms with van der Waals surface area (Å²) in [6.45, 7) is 0. The molecule has 0 spiro atoms. The fourth-order valence-electron chi connectivity index (χ4n) is 1.70. The number of halogens is 1. The van der Waals surface area contributed by atoms with E-state index in [9.17, 15) is 4.79 Å². The average molecular weight is 293 g/mol.